The van der Waals surface area contributed by atoms with E-state index in [1.807, 2.05) is 0 Å². The zero-order chi connectivity index (χ0) is 19.3. The monoisotopic (exact) mass is 380 g/mol. The summed E-state index contributed by atoms with van der Waals surface area (Å²) in [5, 5.41) is 11.3. The number of benzene rings is 1. The third-order valence-corrected chi connectivity index (χ3v) is 5.40. The molecule has 1 amide bonds. The second-order valence-electron chi connectivity index (χ2n) is 7.63. The molecule has 1 aromatic rings. The van der Waals surface area contributed by atoms with Crippen LogP contribution in [0.2, 0.25) is 0 Å². The van der Waals surface area contributed by atoms with Gasteiger partial charge in [-0.15, -0.1) is 0 Å². The van der Waals surface area contributed by atoms with Crippen LogP contribution in [0.25, 0.3) is 0 Å². The van der Waals surface area contributed by atoms with Gasteiger partial charge in [0, 0.05) is 38.9 Å². The van der Waals surface area contributed by atoms with E-state index in [-0.39, 0.29) is 31.5 Å². The number of carbonyl (C=O) groups is 1. The zero-order valence-corrected chi connectivity index (χ0v) is 15.9. The molecule has 0 aromatic heterocycles. The summed E-state index contributed by atoms with van der Waals surface area (Å²) in [6, 6.07) is 6.30. The van der Waals surface area contributed by atoms with Gasteiger partial charge in [0.2, 0.25) is 5.91 Å². The summed E-state index contributed by atoms with van der Waals surface area (Å²) >= 11 is 0. The lowest BCUT2D eigenvalue weighted by Gasteiger charge is -2.35. The number of hydrogen-bond acceptors (Lipinski definition) is 5. The van der Waals surface area contributed by atoms with Gasteiger partial charge in [-0.05, 0) is 25.0 Å². The van der Waals surface area contributed by atoms with Crippen molar-refractivity contribution in [2.45, 2.75) is 37.3 Å². The summed E-state index contributed by atoms with van der Waals surface area (Å²) in [5.41, 5.74) is -1.23. The first-order valence-corrected chi connectivity index (χ1v) is 9.61. The maximum Gasteiger partial charge on any atom is 0.248 e. The molecule has 7 heteroatoms. The normalized spacial score (nSPS) is 24.8. The molecule has 1 heterocycles. The quantitative estimate of drug-likeness (QED) is 0.814. The Morgan fingerprint density at radius 2 is 2.07 bits per heavy atom. The number of β-amino-alcohol motifs (C(OH)–C–C–N with tert-alkyl or cyclic N) is 1. The first kappa shape index (κ1) is 20.0. The van der Waals surface area contributed by atoms with Crippen LogP contribution in [0.5, 0.6) is 5.75 Å². The lowest BCUT2D eigenvalue weighted by molar-refractivity contribution is -0.138. The summed E-state index contributed by atoms with van der Waals surface area (Å²) in [7, 11) is 1.49. The largest absolute Gasteiger partial charge is 0.490 e. The van der Waals surface area contributed by atoms with Gasteiger partial charge in [0.1, 0.15) is 30.4 Å². The van der Waals surface area contributed by atoms with Crippen LogP contribution in [-0.2, 0) is 9.53 Å². The maximum atomic E-state index is 13.4. The van der Waals surface area contributed by atoms with Crippen molar-refractivity contribution >= 4 is 5.91 Å². The summed E-state index contributed by atoms with van der Waals surface area (Å²) in [4.78, 5) is 16.3. The number of amides is 1. The van der Waals surface area contributed by atoms with Gasteiger partial charge in [-0.3, -0.25) is 9.69 Å². The van der Waals surface area contributed by atoms with E-state index in [9.17, 15) is 14.3 Å². The molecule has 0 radical (unpaired) electrons. The Kier molecular flexibility index (Phi) is 6.68. The molecule has 0 unspecified atom stereocenters. The van der Waals surface area contributed by atoms with Crippen LogP contribution in [-0.4, -0.2) is 79.0 Å². The second-order valence-corrected chi connectivity index (χ2v) is 7.63. The van der Waals surface area contributed by atoms with E-state index in [0.717, 1.165) is 19.4 Å². The van der Waals surface area contributed by atoms with E-state index in [4.69, 9.17) is 9.47 Å². The Labute approximate surface area is 159 Å². The van der Waals surface area contributed by atoms with Crippen molar-refractivity contribution in [3.63, 3.8) is 0 Å². The van der Waals surface area contributed by atoms with Gasteiger partial charge in [0.05, 0.1) is 6.54 Å². The van der Waals surface area contributed by atoms with E-state index in [1.165, 1.54) is 32.1 Å². The fourth-order valence-corrected chi connectivity index (χ4v) is 4.07. The molecule has 27 heavy (non-hydrogen) atoms. The van der Waals surface area contributed by atoms with Crippen LogP contribution < -0.4 is 4.74 Å². The number of methoxy groups -OCH3 is 1. The van der Waals surface area contributed by atoms with Gasteiger partial charge in [-0.2, -0.15) is 0 Å². The van der Waals surface area contributed by atoms with Crippen LogP contribution in [0.3, 0.4) is 0 Å². The highest BCUT2D eigenvalue weighted by atomic mass is 19.1. The van der Waals surface area contributed by atoms with Gasteiger partial charge in [-0.25, -0.2) is 4.39 Å². The van der Waals surface area contributed by atoms with E-state index >= 15 is 0 Å². The van der Waals surface area contributed by atoms with Crippen LogP contribution in [0.15, 0.2) is 24.3 Å². The highest BCUT2D eigenvalue weighted by Gasteiger charge is 2.39. The molecule has 1 saturated heterocycles. The molecule has 1 atom stereocenters. The predicted octanol–water partition coefficient (Wildman–Crippen LogP) is 1.67. The molecule has 1 aliphatic heterocycles. The highest BCUT2D eigenvalue weighted by Crippen LogP contribution is 2.27. The van der Waals surface area contributed by atoms with E-state index in [1.54, 1.807) is 17.0 Å². The second kappa shape index (κ2) is 8.99. The minimum atomic E-state index is -1.23. The first-order chi connectivity index (χ1) is 13.0. The lowest BCUT2D eigenvalue weighted by Crippen LogP contribution is -2.53. The molecule has 3 rings (SSSR count). The minimum Gasteiger partial charge on any atom is -0.490 e. The fraction of sp³-hybridized carbons (Fsp3) is 0.650. The van der Waals surface area contributed by atoms with Gasteiger partial charge in [-0.1, -0.05) is 18.9 Å². The highest BCUT2D eigenvalue weighted by molar-refractivity contribution is 5.77. The van der Waals surface area contributed by atoms with Gasteiger partial charge < -0.3 is 19.5 Å². The number of carbonyl (C=O) groups excluding carboxylic acids is 1. The zero-order valence-electron chi connectivity index (χ0n) is 15.9. The minimum absolute atomic E-state index is 0.00354. The average Bonchev–Trinajstić information content (AvgIpc) is 3.11. The van der Waals surface area contributed by atoms with Crippen LogP contribution >= 0.6 is 0 Å². The van der Waals surface area contributed by atoms with E-state index in [0.29, 0.717) is 24.9 Å². The number of halogens is 1. The van der Waals surface area contributed by atoms with Crippen molar-refractivity contribution in [2.24, 2.45) is 0 Å². The Morgan fingerprint density at radius 1 is 1.30 bits per heavy atom. The molecule has 150 valence electrons. The summed E-state index contributed by atoms with van der Waals surface area (Å²) in [5.74, 6) is -0.158. The Bertz CT molecular complexity index is 638. The number of hydrogen-bond donors (Lipinski definition) is 1. The Hall–Kier alpha value is -1.70. The molecule has 6 nitrogen and oxygen atoms in total. The number of ether oxygens (including phenoxy) is 2. The van der Waals surface area contributed by atoms with Crippen LogP contribution in [0.1, 0.15) is 25.7 Å². The molecule has 1 aliphatic carbocycles. The summed E-state index contributed by atoms with van der Waals surface area (Å²) < 4.78 is 24.1. The first-order valence-electron chi connectivity index (χ1n) is 9.61. The number of rotatable bonds is 6. The lowest BCUT2D eigenvalue weighted by atomic mass is 10.0. The van der Waals surface area contributed by atoms with Gasteiger partial charge in [0.15, 0.2) is 0 Å². The molecule has 2 aliphatic rings. The van der Waals surface area contributed by atoms with E-state index < -0.39 is 5.60 Å². The van der Waals surface area contributed by atoms with Crippen molar-refractivity contribution in [3.8, 4) is 5.75 Å². The summed E-state index contributed by atoms with van der Waals surface area (Å²) in [6.07, 6.45) is 4.64. The van der Waals surface area contributed by atoms with Gasteiger partial charge >= 0.3 is 0 Å². The molecule has 1 N–H and O–H groups in total. The maximum absolute atomic E-state index is 13.4. The van der Waals surface area contributed by atoms with Crippen LogP contribution in [0, 0.1) is 5.82 Å². The average molecular weight is 380 g/mol. The SMILES string of the molecule is COCC(=O)N1CCN(C2CCCC2)C[C@@](O)(COc2cccc(F)c2)C1. The van der Waals surface area contributed by atoms with Crippen molar-refractivity contribution in [1.29, 1.82) is 0 Å². The topological polar surface area (TPSA) is 62.2 Å². The van der Waals surface area contributed by atoms with Crippen molar-refractivity contribution in [1.82, 2.24) is 9.80 Å². The van der Waals surface area contributed by atoms with Crippen LogP contribution in [0.4, 0.5) is 4.39 Å². The molecule has 0 spiro atoms. The van der Waals surface area contributed by atoms with Crippen molar-refractivity contribution < 1.29 is 23.8 Å². The van der Waals surface area contributed by atoms with Crippen molar-refractivity contribution in [3.05, 3.63) is 30.1 Å². The smallest absolute Gasteiger partial charge is 0.248 e. The molecule has 2 fully saturated rings. The van der Waals surface area contributed by atoms with Gasteiger partial charge in [0.25, 0.3) is 0 Å². The molecule has 1 aromatic carbocycles. The molecular weight excluding hydrogens is 351 g/mol. The molecule has 1 saturated carbocycles. The number of aliphatic hydroxyl groups is 1. The predicted molar refractivity (Wildman–Crippen MR) is 99.1 cm³/mol. The summed E-state index contributed by atoms with van der Waals surface area (Å²) in [6.45, 7) is 1.88. The standard InChI is InChI=1S/C20H29FN2O4/c1-26-12-19(24)23-10-9-22(17-6-2-3-7-17)13-20(25,14-23)15-27-18-8-4-5-16(21)11-18/h4-5,8,11,17,25H,2-3,6-7,9-10,12-15H2,1H3/t20-/m0/s1. The Balaban J connectivity index is 1.73. The third kappa shape index (κ3) is 5.40. The Morgan fingerprint density at radius 3 is 2.78 bits per heavy atom. The van der Waals surface area contributed by atoms with Crippen molar-refractivity contribution in [2.75, 3.05) is 46.5 Å². The van der Waals surface area contributed by atoms with E-state index in [2.05, 4.69) is 4.90 Å². The molecular formula is C20H29FN2O4. The molecule has 0 bridgehead atoms. The third-order valence-electron chi connectivity index (χ3n) is 5.40. The fourth-order valence-electron chi connectivity index (χ4n) is 4.07. The number of nitrogens with zero attached hydrogens (tertiary/aromatic N) is 2.